The molecule has 1 unspecified atom stereocenters. The number of carbonyl (C=O) groups excluding carboxylic acids is 1. The van der Waals surface area contributed by atoms with Crippen molar-refractivity contribution in [3.8, 4) is 0 Å². The first kappa shape index (κ1) is 9.20. The van der Waals surface area contributed by atoms with Crippen LogP contribution in [0.3, 0.4) is 0 Å². The number of hydrogen-bond donors (Lipinski definition) is 0. The Bertz CT molecular complexity index is 380. The molecule has 0 aliphatic heterocycles. The first-order chi connectivity index (χ1) is 6.61. The average molecular weight is 186 g/mol. The van der Waals surface area contributed by atoms with Crippen LogP contribution in [-0.2, 0) is 0 Å². The van der Waals surface area contributed by atoms with E-state index >= 15 is 0 Å². The molecule has 0 bridgehead atoms. The van der Waals surface area contributed by atoms with Crippen molar-refractivity contribution in [2.45, 2.75) is 20.3 Å². The summed E-state index contributed by atoms with van der Waals surface area (Å²) in [5.41, 5.74) is 2.47. The summed E-state index contributed by atoms with van der Waals surface area (Å²) in [5.74, 6) is 0.223. The smallest absolute Gasteiger partial charge is 0.173 e. The number of hydrogen-bond acceptors (Lipinski definition) is 1. The third-order valence-corrected chi connectivity index (χ3v) is 3.37. The van der Waals surface area contributed by atoms with Gasteiger partial charge in [0.15, 0.2) is 5.78 Å². The highest BCUT2D eigenvalue weighted by molar-refractivity contribution is 6.16. The molecule has 0 spiro atoms. The maximum atomic E-state index is 12.1. The normalized spacial score (nSPS) is 25.3. The van der Waals surface area contributed by atoms with Gasteiger partial charge >= 0.3 is 0 Å². The van der Waals surface area contributed by atoms with Crippen LogP contribution in [0, 0.1) is 5.41 Å². The molecular weight excluding hydrogens is 172 g/mol. The lowest BCUT2D eigenvalue weighted by molar-refractivity contribution is 0.0887. The van der Waals surface area contributed by atoms with Crippen molar-refractivity contribution in [1.82, 2.24) is 0 Å². The molecule has 1 nitrogen and oxygen atoms in total. The third-order valence-electron chi connectivity index (χ3n) is 3.37. The lowest BCUT2D eigenvalue weighted by atomic mass is 9.80. The summed E-state index contributed by atoms with van der Waals surface area (Å²) >= 11 is 0. The van der Waals surface area contributed by atoms with Crippen molar-refractivity contribution in [2.24, 2.45) is 5.41 Å². The Morgan fingerprint density at radius 2 is 1.86 bits per heavy atom. The second-order valence-electron chi connectivity index (χ2n) is 4.04. The minimum atomic E-state index is -0.371. The van der Waals surface area contributed by atoms with Crippen LogP contribution in [0.4, 0.5) is 0 Å². The van der Waals surface area contributed by atoms with Gasteiger partial charge in [-0.2, -0.15) is 0 Å². The number of Topliss-reactive ketones (excluding diaryl/α,β-unsaturated/α-hetero) is 1. The molecule has 0 heterocycles. The van der Waals surface area contributed by atoms with Crippen molar-refractivity contribution in [2.75, 3.05) is 0 Å². The summed E-state index contributed by atoms with van der Waals surface area (Å²) in [5, 5.41) is 0. The molecule has 2 rings (SSSR count). The van der Waals surface area contributed by atoms with E-state index in [-0.39, 0.29) is 11.2 Å². The van der Waals surface area contributed by atoms with Crippen LogP contribution in [0.15, 0.2) is 30.8 Å². The minimum absolute atomic E-state index is 0.223. The predicted molar refractivity (Wildman–Crippen MR) is 58.2 cm³/mol. The molecule has 0 fully saturated rings. The largest absolute Gasteiger partial charge is 0.293 e. The molecule has 0 N–H and O–H groups in total. The van der Waals surface area contributed by atoms with Gasteiger partial charge in [-0.15, -0.1) is 0 Å². The van der Waals surface area contributed by atoms with Crippen LogP contribution >= 0.6 is 0 Å². The number of allylic oxidation sites excluding steroid dienone is 1. The van der Waals surface area contributed by atoms with Gasteiger partial charge in [0.05, 0.1) is 5.41 Å². The second kappa shape index (κ2) is 2.81. The van der Waals surface area contributed by atoms with E-state index in [1.807, 2.05) is 38.1 Å². The lowest BCUT2D eigenvalue weighted by Gasteiger charge is -2.21. The Morgan fingerprint density at radius 1 is 1.29 bits per heavy atom. The molecule has 72 valence electrons. The van der Waals surface area contributed by atoms with E-state index in [0.717, 1.165) is 23.1 Å². The summed E-state index contributed by atoms with van der Waals surface area (Å²) in [7, 11) is 0. The first-order valence-corrected chi connectivity index (χ1v) is 4.95. The highest BCUT2D eigenvalue weighted by Gasteiger charge is 2.42. The van der Waals surface area contributed by atoms with E-state index in [0.29, 0.717) is 0 Å². The number of rotatable bonds is 1. The molecule has 1 heteroatoms. The monoisotopic (exact) mass is 186 g/mol. The van der Waals surface area contributed by atoms with E-state index in [4.69, 9.17) is 0 Å². The maximum Gasteiger partial charge on any atom is 0.173 e. The van der Waals surface area contributed by atoms with Crippen LogP contribution in [0.1, 0.15) is 36.2 Å². The molecule has 14 heavy (non-hydrogen) atoms. The molecular formula is C13H14O. The summed E-state index contributed by atoms with van der Waals surface area (Å²) in [6.07, 6.45) is 0.819. The van der Waals surface area contributed by atoms with Crippen molar-refractivity contribution >= 4 is 11.4 Å². The molecule has 1 aliphatic carbocycles. The summed E-state index contributed by atoms with van der Waals surface area (Å²) in [4.78, 5) is 12.1. The SMILES string of the molecule is C=C1c2ccccc2C(=O)C1(C)CC. The quantitative estimate of drug-likeness (QED) is 0.657. The Kier molecular flexibility index (Phi) is 1.84. The Morgan fingerprint density at radius 3 is 2.36 bits per heavy atom. The van der Waals surface area contributed by atoms with E-state index in [2.05, 4.69) is 6.58 Å². The molecule has 1 aliphatic rings. The zero-order valence-electron chi connectivity index (χ0n) is 8.63. The fourth-order valence-electron chi connectivity index (χ4n) is 2.05. The third kappa shape index (κ3) is 0.926. The predicted octanol–water partition coefficient (Wildman–Crippen LogP) is 3.31. The fraction of sp³-hybridized carbons (Fsp3) is 0.308. The van der Waals surface area contributed by atoms with Gasteiger partial charge < -0.3 is 0 Å². The maximum absolute atomic E-state index is 12.1. The molecule has 0 saturated heterocycles. The standard InChI is InChI=1S/C13H14O/c1-4-13(3)9(2)10-7-5-6-8-11(10)12(13)14/h5-8H,2,4H2,1,3H3. The van der Waals surface area contributed by atoms with Crippen molar-refractivity contribution in [3.05, 3.63) is 42.0 Å². The van der Waals surface area contributed by atoms with Crippen molar-refractivity contribution < 1.29 is 4.79 Å². The zero-order valence-corrected chi connectivity index (χ0v) is 8.63. The molecule has 0 radical (unpaired) electrons. The number of benzene rings is 1. The Hall–Kier alpha value is -1.37. The van der Waals surface area contributed by atoms with E-state index < -0.39 is 0 Å². The van der Waals surface area contributed by atoms with E-state index in [9.17, 15) is 4.79 Å². The molecule has 1 aromatic carbocycles. The highest BCUT2D eigenvalue weighted by Crippen LogP contribution is 2.47. The fourth-order valence-corrected chi connectivity index (χ4v) is 2.05. The van der Waals surface area contributed by atoms with Crippen LogP contribution in [-0.4, -0.2) is 5.78 Å². The van der Waals surface area contributed by atoms with Gasteiger partial charge in [0.1, 0.15) is 0 Å². The van der Waals surface area contributed by atoms with Gasteiger partial charge in [-0.25, -0.2) is 0 Å². The topological polar surface area (TPSA) is 17.1 Å². The number of ketones is 1. The van der Waals surface area contributed by atoms with Crippen LogP contribution in [0.5, 0.6) is 0 Å². The van der Waals surface area contributed by atoms with Crippen molar-refractivity contribution in [3.63, 3.8) is 0 Å². The molecule has 0 amide bonds. The highest BCUT2D eigenvalue weighted by atomic mass is 16.1. The number of fused-ring (bicyclic) bond motifs is 1. The van der Waals surface area contributed by atoms with Gasteiger partial charge in [-0.1, -0.05) is 37.8 Å². The van der Waals surface area contributed by atoms with Crippen LogP contribution in [0.25, 0.3) is 5.57 Å². The molecule has 0 saturated carbocycles. The van der Waals surface area contributed by atoms with Gasteiger partial charge in [-0.3, -0.25) is 4.79 Å². The Balaban J connectivity index is 2.65. The van der Waals surface area contributed by atoms with Gasteiger partial charge in [0.25, 0.3) is 0 Å². The van der Waals surface area contributed by atoms with E-state index in [1.54, 1.807) is 0 Å². The Labute approximate surface area is 84.5 Å². The van der Waals surface area contributed by atoms with Gasteiger partial charge in [-0.05, 0) is 24.5 Å². The molecule has 1 atom stereocenters. The van der Waals surface area contributed by atoms with Crippen LogP contribution < -0.4 is 0 Å². The van der Waals surface area contributed by atoms with Gasteiger partial charge in [0, 0.05) is 5.56 Å². The number of carbonyl (C=O) groups is 1. The minimum Gasteiger partial charge on any atom is -0.293 e. The zero-order chi connectivity index (χ0) is 10.3. The lowest BCUT2D eigenvalue weighted by Crippen LogP contribution is -2.21. The summed E-state index contributed by atoms with van der Waals surface area (Å²) in [6, 6.07) is 7.74. The van der Waals surface area contributed by atoms with Gasteiger partial charge in [0.2, 0.25) is 0 Å². The average Bonchev–Trinajstić information content (AvgIpc) is 2.43. The van der Waals surface area contributed by atoms with Crippen LogP contribution in [0.2, 0.25) is 0 Å². The molecule has 0 aromatic heterocycles. The first-order valence-electron chi connectivity index (χ1n) is 4.95. The summed E-state index contributed by atoms with van der Waals surface area (Å²) in [6.45, 7) is 8.07. The van der Waals surface area contributed by atoms with E-state index in [1.165, 1.54) is 0 Å². The molecule has 1 aromatic rings. The second-order valence-corrected chi connectivity index (χ2v) is 4.04. The van der Waals surface area contributed by atoms with Crippen molar-refractivity contribution in [1.29, 1.82) is 0 Å². The summed E-state index contributed by atoms with van der Waals surface area (Å²) < 4.78 is 0.